The molecule has 0 radical (unpaired) electrons. The van der Waals surface area contributed by atoms with E-state index in [2.05, 4.69) is 20.4 Å². The summed E-state index contributed by atoms with van der Waals surface area (Å²) >= 11 is 0. The molecule has 1 N–H and O–H groups in total. The summed E-state index contributed by atoms with van der Waals surface area (Å²) in [6.07, 6.45) is 3.12. The van der Waals surface area contributed by atoms with Crippen molar-refractivity contribution < 1.29 is 14.1 Å². The Labute approximate surface area is 118 Å². The lowest BCUT2D eigenvalue weighted by molar-refractivity contribution is -0.146. The highest BCUT2D eigenvalue weighted by Crippen LogP contribution is 2.18. The average Bonchev–Trinajstić information content (AvgIpc) is 3.01. The third-order valence-corrected chi connectivity index (χ3v) is 3.46. The van der Waals surface area contributed by atoms with Crippen LogP contribution in [0.15, 0.2) is 21.8 Å². The molecule has 7 heteroatoms. The monoisotopic (exact) mass is 280 g/mol. The zero-order chi connectivity index (χ0) is 14.4. The molecule has 20 heavy (non-hydrogen) atoms. The van der Waals surface area contributed by atoms with Crippen LogP contribution in [-0.2, 0) is 16.1 Å². The van der Waals surface area contributed by atoms with E-state index in [-0.39, 0.29) is 11.9 Å². The number of guanidine groups is 1. The predicted molar refractivity (Wildman–Crippen MR) is 73.0 cm³/mol. The second-order valence-electron chi connectivity index (χ2n) is 4.68. The van der Waals surface area contributed by atoms with Gasteiger partial charge >= 0.3 is 5.97 Å². The molecule has 0 bridgehead atoms. The lowest BCUT2D eigenvalue weighted by Crippen LogP contribution is -2.46. The molecule has 1 aliphatic heterocycles. The molecule has 0 atom stereocenters. The quantitative estimate of drug-likeness (QED) is 0.497. The largest absolute Gasteiger partial charge is 0.469 e. The molecule has 1 saturated heterocycles. The van der Waals surface area contributed by atoms with E-state index in [1.165, 1.54) is 7.11 Å². The molecular formula is C13H20N4O3. The van der Waals surface area contributed by atoms with Crippen LogP contribution in [0.3, 0.4) is 0 Å². The Bertz CT molecular complexity index is 450. The molecule has 0 saturated carbocycles. The molecule has 2 heterocycles. The maximum atomic E-state index is 11.5. The SMILES string of the molecule is CN=C(NCc1ccon1)N1CCC(C(=O)OC)CC1. The lowest BCUT2D eigenvalue weighted by atomic mass is 9.97. The van der Waals surface area contributed by atoms with Crippen molar-refractivity contribution in [3.05, 3.63) is 18.0 Å². The van der Waals surface area contributed by atoms with E-state index in [4.69, 9.17) is 9.26 Å². The van der Waals surface area contributed by atoms with Crippen molar-refractivity contribution in [2.75, 3.05) is 27.2 Å². The second kappa shape index (κ2) is 6.93. The molecule has 0 spiro atoms. The van der Waals surface area contributed by atoms with Crippen molar-refractivity contribution in [1.82, 2.24) is 15.4 Å². The Morgan fingerprint density at radius 2 is 2.35 bits per heavy atom. The van der Waals surface area contributed by atoms with Crippen molar-refractivity contribution in [3.8, 4) is 0 Å². The van der Waals surface area contributed by atoms with Crippen LogP contribution in [0.25, 0.3) is 0 Å². The number of aromatic nitrogens is 1. The highest BCUT2D eigenvalue weighted by atomic mass is 16.5. The van der Waals surface area contributed by atoms with E-state index in [0.29, 0.717) is 6.54 Å². The maximum Gasteiger partial charge on any atom is 0.308 e. The highest BCUT2D eigenvalue weighted by molar-refractivity contribution is 5.80. The van der Waals surface area contributed by atoms with E-state index in [0.717, 1.165) is 37.6 Å². The first-order chi connectivity index (χ1) is 9.74. The van der Waals surface area contributed by atoms with Crippen LogP contribution < -0.4 is 5.32 Å². The first-order valence-corrected chi connectivity index (χ1v) is 6.67. The van der Waals surface area contributed by atoms with Crippen LogP contribution in [0.2, 0.25) is 0 Å². The molecule has 1 aliphatic rings. The Morgan fingerprint density at radius 1 is 1.60 bits per heavy atom. The Kier molecular flexibility index (Phi) is 4.97. The number of rotatable bonds is 3. The Morgan fingerprint density at radius 3 is 2.90 bits per heavy atom. The minimum Gasteiger partial charge on any atom is -0.469 e. The van der Waals surface area contributed by atoms with Gasteiger partial charge in [-0.25, -0.2) is 0 Å². The molecular weight excluding hydrogens is 260 g/mol. The molecule has 1 aromatic rings. The number of nitrogens with zero attached hydrogens (tertiary/aromatic N) is 3. The van der Waals surface area contributed by atoms with Crippen LogP contribution >= 0.6 is 0 Å². The molecule has 0 aliphatic carbocycles. The molecule has 0 amide bonds. The van der Waals surface area contributed by atoms with Gasteiger partial charge in [-0.3, -0.25) is 9.79 Å². The van der Waals surface area contributed by atoms with E-state index in [9.17, 15) is 4.79 Å². The van der Waals surface area contributed by atoms with Crippen molar-refractivity contribution in [1.29, 1.82) is 0 Å². The normalized spacial score (nSPS) is 17.1. The molecule has 0 aromatic carbocycles. The van der Waals surface area contributed by atoms with E-state index >= 15 is 0 Å². The molecule has 7 nitrogen and oxygen atoms in total. The van der Waals surface area contributed by atoms with Crippen LogP contribution in [0.5, 0.6) is 0 Å². The summed E-state index contributed by atoms with van der Waals surface area (Å²) < 4.78 is 9.57. The fourth-order valence-corrected chi connectivity index (χ4v) is 2.32. The zero-order valence-electron chi connectivity index (χ0n) is 11.8. The molecule has 2 rings (SSSR count). The van der Waals surface area contributed by atoms with E-state index in [1.54, 1.807) is 13.3 Å². The van der Waals surface area contributed by atoms with Crippen molar-refractivity contribution in [3.63, 3.8) is 0 Å². The minimum absolute atomic E-state index is 0.00453. The number of esters is 1. The second-order valence-corrected chi connectivity index (χ2v) is 4.68. The average molecular weight is 280 g/mol. The van der Waals surface area contributed by atoms with Crippen molar-refractivity contribution in [2.45, 2.75) is 19.4 Å². The Balaban J connectivity index is 1.83. The number of methoxy groups -OCH3 is 1. The standard InChI is InChI=1S/C13H20N4O3/c1-14-13(15-9-11-5-8-20-16-11)17-6-3-10(4-7-17)12(18)19-2/h5,8,10H,3-4,6-7,9H2,1-2H3,(H,14,15). The molecule has 0 unspecified atom stereocenters. The third-order valence-electron chi connectivity index (χ3n) is 3.46. The molecule has 110 valence electrons. The van der Waals surface area contributed by atoms with Gasteiger partial charge in [-0.05, 0) is 12.8 Å². The van der Waals surface area contributed by atoms with Gasteiger partial charge in [0, 0.05) is 26.2 Å². The predicted octanol–water partition coefficient (Wildman–Crippen LogP) is 0.635. The number of carbonyl (C=O) groups excluding carboxylic acids is 1. The van der Waals surface area contributed by atoms with Gasteiger partial charge < -0.3 is 19.5 Å². The van der Waals surface area contributed by atoms with Gasteiger partial charge in [-0.2, -0.15) is 0 Å². The number of carbonyl (C=O) groups is 1. The smallest absolute Gasteiger partial charge is 0.308 e. The number of hydrogen-bond acceptors (Lipinski definition) is 5. The van der Waals surface area contributed by atoms with Gasteiger partial charge in [0.05, 0.1) is 19.6 Å². The van der Waals surface area contributed by atoms with Gasteiger partial charge in [0.1, 0.15) is 12.0 Å². The van der Waals surface area contributed by atoms with Gasteiger partial charge in [-0.1, -0.05) is 5.16 Å². The minimum atomic E-state index is -0.116. The van der Waals surface area contributed by atoms with Gasteiger partial charge in [0.15, 0.2) is 5.96 Å². The topological polar surface area (TPSA) is 80.0 Å². The van der Waals surface area contributed by atoms with Crippen LogP contribution in [0.4, 0.5) is 0 Å². The summed E-state index contributed by atoms with van der Waals surface area (Å²) in [5, 5.41) is 7.08. The summed E-state index contributed by atoms with van der Waals surface area (Å²) in [5.74, 6) is 0.705. The number of ether oxygens (including phenoxy) is 1. The fraction of sp³-hybridized carbons (Fsp3) is 0.615. The lowest BCUT2D eigenvalue weighted by Gasteiger charge is -2.33. The van der Waals surface area contributed by atoms with Crippen molar-refractivity contribution >= 4 is 11.9 Å². The first-order valence-electron chi connectivity index (χ1n) is 6.67. The maximum absolute atomic E-state index is 11.5. The van der Waals surface area contributed by atoms with Gasteiger partial charge in [0.2, 0.25) is 0 Å². The summed E-state index contributed by atoms with van der Waals surface area (Å²) in [4.78, 5) is 17.9. The van der Waals surface area contributed by atoms with Crippen LogP contribution in [0, 0.1) is 5.92 Å². The number of aliphatic imine (C=N–C) groups is 1. The van der Waals surface area contributed by atoms with E-state index < -0.39 is 0 Å². The van der Waals surface area contributed by atoms with Crippen LogP contribution in [-0.4, -0.2) is 49.2 Å². The summed E-state index contributed by atoms with van der Waals surface area (Å²) in [6, 6.07) is 1.81. The van der Waals surface area contributed by atoms with Gasteiger partial charge in [-0.15, -0.1) is 0 Å². The number of likely N-dealkylation sites (tertiary alicyclic amines) is 1. The number of hydrogen-bond donors (Lipinski definition) is 1. The number of piperidine rings is 1. The number of nitrogens with one attached hydrogen (secondary N) is 1. The van der Waals surface area contributed by atoms with Gasteiger partial charge in [0.25, 0.3) is 0 Å². The fourth-order valence-electron chi connectivity index (χ4n) is 2.32. The Hall–Kier alpha value is -2.05. The summed E-state index contributed by atoms with van der Waals surface area (Å²) in [5.41, 5.74) is 0.829. The van der Waals surface area contributed by atoms with Crippen LogP contribution in [0.1, 0.15) is 18.5 Å². The zero-order valence-corrected chi connectivity index (χ0v) is 11.8. The third kappa shape index (κ3) is 3.49. The first kappa shape index (κ1) is 14.4. The highest BCUT2D eigenvalue weighted by Gasteiger charge is 2.26. The summed E-state index contributed by atoms with van der Waals surface area (Å²) in [7, 11) is 3.19. The molecule has 1 fully saturated rings. The summed E-state index contributed by atoms with van der Waals surface area (Å²) in [6.45, 7) is 2.15. The van der Waals surface area contributed by atoms with E-state index in [1.807, 2.05) is 6.07 Å². The van der Waals surface area contributed by atoms with Crippen molar-refractivity contribution in [2.24, 2.45) is 10.9 Å². The molecule has 1 aromatic heterocycles.